The summed E-state index contributed by atoms with van der Waals surface area (Å²) in [6.45, 7) is 2.82. The van der Waals surface area contributed by atoms with E-state index in [1.807, 2.05) is 24.4 Å². The number of nitrogens with one attached hydrogen (secondary N) is 1. The third kappa shape index (κ3) is 2.76. The number of aromatic amines is 1. The van der Waals surface area contributed by atoms with E-state index in [4.69, 9.17) is 5.73 Å². The standard InChI is InChI=1S/C13H16BrN3/c1-9(6-7-15)13-16-8-12(17-13)10-4-2-3-5-11(10)14/h2-5,8-9H,6-7,15H2,1H3,(H,16,17). The molecular formula is C13H16BrN3. The normalized spacial score (nSPS) is 12.6. The molecule has 0 aliphatic rings. The van der Waals surface area contributed by atoms with Crippen LogP contribution in [-0.2, 0) is 0 Å². The molecule has 0 aliphatic carbocycles. The first-order valence-electron chi connectivity index (χ1n) is 5.72. The third-order valence-corrected chi connectivity index (χ3v) is 3.52. The molecule has 0 aliphatic heterocycles. The van der Waals surface area contributed by atoms with Gasteiger partial charge in [0.15, 0.2) is 0 Å². The minimum absolute atomic E-state index is 0.372. The number of imidazole rings is 1. The Morgan fingerprint density at radius 2 is 2.18 bits per heavy atom. The minimum atomic E-state index is 0.372. The molecule has 1 atom stereocenters. The molecule has 0 saturated carbocycles. The zero-order valence-electron chi connectivity index (χ0n) is 9.78. The Morgan fingerprint density at radius 1 is 1.41 bits per heavy atom. The van der Waals surface area contributed by atoms with Gasteiger partial charge in [0.2, 0.25) is 0 Å². The highest BCUT2D eigenvalue weighted by molar-refractivity contribution is 9.10. The van der Waals surface area contributed by atoms with Crippen LogP contribution in [0.5, 0.6) is 0 Å². The second kappa shape index (κ2) is 5.47. The number of aromatic nitrogens is 2. The Bertz CT molecular complexity index is 493. The zero-order chi connectivity index (χ0) is 12.3. The molecule has 0 spiro atoms. The lowest BCUT2D eigenvalue weighted by atomic mass is 10.1. The van der Waals surface area contributed by atoms with Gasteiger partial charge in [-0.3, -0.25) is 0 Å². The Morgan fingerprint density at radius 3 is 2.88 bits per heavy atom. The molecule has 17 heavy (non-hydrogen) atoms. The van der Waals surface area contributed by atoms with Gasteiger partial charge in [0, 0.05) is 16.0 Å². The fraction of sp³-hybridized carbons (Fsp3) is 0.308. The van der Waals surface area contributed by atoms with Gasteiger partial charge in [0.1, 0.15) is 5.82 Å². The Labute approximate surface area is 110 Å². The predicted octanol–water partition coefficient (Wildman–Crippen LogP) is 3.29. The van der Waals surface area contributed by atoms with Crippen LogP contribution in [0.1, 0.15) is 25.1 Å². The second-order valence-corrected chi connectivity index (χ2v) is 4.99. The van der Waals surface area contributed by atoms with Crippen LogP contribution in [0, 0.1) is 0 Å². The SMILES string of the molecule is CC(CCN)c1ncc(-c2ccccc2Br)[nH]1. The highest BCUT2D eigenvalue weighted by Gasteiger charge is 2.10. The summed E-state index contributed by atoms with van der Waals surface area (Å²) < 4.78 is 1.07. The maximum Gasteiger partial charge on any atom is 0.109 e. The van der Waals surface area contributed by atoms with E-state index < -0.39 is 0 Å². The molecule has 2 aromatic rings. The largest absolute Gasteiger partial charge is 0.342 e. The summed E-state index contributed by atoms with van der Waals surface area (Å²) in [7, 11) is 0. The summed E-state index contributed by atoms with van der Waals surface area (Å²) in [4.78, 5) is 7.78. The maximum absolute atomic E-state index is 5.56. The summed E-state index contributed by atoms with van der Waals surface area (Å²) in [6.07, 6.45) is 2.82. The Hall–Kier alpha value is -1.13. The summed E-state index contributed by atoms with van der Waals surface area (Å²) in [5.41, 5.74) is 7.73. The van der Waals surface area contributed by atoms with E-state index in [2.05, 4.69) is 38.9 Å². The number of hydrogen-bond donors (Lipinski definition) is 2. The molecule has 2 rings (SSSR count). The summed E-state index contributed by atoms with van der Waals surface area (Å²) in [6, 6.07) is 8.11. The third-order valence-electron chi connectivity index (χ3n) is 2.83. The van der Waals surface area contributed by atoms with Gasteiger partial charge in [-0.2, -0.15) is 0 Å². The van der Waals surface area contributed by atoms with Crippen molar-refractivity contribution in [2.45, 2.75) is 19.3 Å². The molecule has 3 nitrogen and oxygen atoms in total. The zero-order valence-corrected chi connectivity index (χ0v) is 11.4. The quantitative estimate of drug-likeness (QED) is 0.909. The van der Waals surface area contributed by atoms with Gasteiger partial charge >= 0.3 is 0 Å². The average molecular weight is 294 g/mol. The van der Waals surface area contributed by atoms with Gasteiger partial charge in [-0.05, 0) is 19.0 Å². The summed E-state index contributed by atoms with van der Waals surface area (Å²) in [5.74, 6) is 1.37. The lowest BCUT2D eigenvalue weighted by molar-refractivity contribution is 0.655. The van der Waals surface area contributed by atoms with Crippen molar-refractivity contribution in [1.82, 2.24) is 9.97 Å². The summed E-state index contributed by atoms with van der Waals surface area (Å²) in [5, 5.41) is 0. The van der Waals surface area contributed by atoms with Crippen molar-refractivity contribution in [3.05, 3.63) is 40.8 Å². The molecule has 0 bridgehead atoms. The number of rotatable bonds is 4. The molecule has 0 amide bonds. The lowest BCUT2D eigenvalue weighted by Crippen LogP contribution is -2.05. The molecule has 1 heterocycles. The van der Waals surface area contributed by atoms with Crippen LogP contribution >= 0.6 is 15.9 Å². The molecule has 0 radical (unpaired) electrons. The first kappa shape index (κ1) is 12.3. The number of hydrogen-bond acceptors (Lipinski definition) is 2. The Kier molecular flexibility index (Phi) is 3.97. The molecule has 1 aromatic heterocycles. The predicted molar refractivity (Wildman–Crippen MR) is 73.8 cm³/mol. The van der Waals surface area contributed by atoms with E-state index in [9.17, 15) is 0 Å². The van der Waals surface area contributed by atoms with E-state index in [1.165, 1.54) is 0 Å². The second-order valence-electron chi connectivity index (χ2n) is 4.14. The highest BCUT2D eigenvalue weighted by atomic mass is 79.9. The van der Waals surface area contributed by atoms with Gasteiger partial charge < -0.3 is 10.7 Å². The first-order valence-corrected chi connectivity index (χ1v) is 6.51. The van der Waals surface area contributed by atoms with Gasteiger partial charge in [-0.15, -0.1) is 0 Å². The van der Waals surface area contributed by atoms with Crippen molar-refractivity contribution >= 4 is 15.9 Å². The number of H-pyrrole nitrogens is 1. The van der Waals surface area contributed by atoms with Crippen molar-refractivity contribution in [1.29, 1.82) is 0 Å². The smallest absolute Gasteiger partial charge is 0.109 e. The maximum atomic E-state index is 5.56. The molecule has 1 unspecified atom stereocenters. The average Bonchev–Trinajstić information content (AvgIpc) is 2.79. The number of nitrogens with zero attached hydrogens (tertiary/aromatic N) is 1. The lowest BCUT2D eigenvalue weighted by Gasteiger charge is -2.06. The van der Waals surface area contributed by atoms with Crippen LogP contribution in [0.3, 0.4) is 0 Å². The summed E-state index contributed by atoms with van der Waals surface area (Å²) >= 11 is 3.54. The highest BCUT2D eigenvalue weighted by Crippen LogP contribution is 2.27. The molecule has 3 N–H and O–H groups in total. The fourth-order valence-electron chi connectivity index (χ4n) is 1.79. The van der Waals surface area contributed by atoms with E-state index in [0.717, 1.165) is 28.0 Å². The van der Waals surface area contributed by atoms with Crippen LogP contribution in [-0.4, -0.2) is 16.5 Å². The number of benzene rings is 1. The topological polar surface area (TPSA) is 54.7 Å². The number of halogens is 1. The van der Waals surface area contributed by atoms with Crippen LogP contribution in [0.2, 0.25) is 0 Å². The van der Waals surface area contributed by atoms with Crippen molar-refractivity contribution in [3.8, 4) is 11.3 Å². The van der Waals surface area contributed by atoms with Crippen molar-refractivity contribution < 1.29 is 0 Å². The van der Waals surface area contributed by atoms with Gasteiger partial charge in [0.25, 0.3) is 0 Å². The first-order chi connectivity index (χ1) is 8.22. The van der Waals surface area contributed by atoms with Crippen molar-refractivity contribution in [2.24, 2.45) is 5.73 Å². The fourth-order valence-corrected chi connectivity index (χ4v) is 2.29. The van der Waals surface area contributed by atoms with Crippen LogP contribution in [0.15, 0.2) is 34.9 Å². The molecule has 90 valence electrons. The Balaban J connectivity index is 2.27. The van der Waals surface area contributed by atoms with E-state index >= 15 is 0 Å². The van der Waals surface area contributed by atoms with Crippen molar-refractivity contribution in [3.63, 3.8) is 0 Å². The molecule has 4 heteroatoms. The van der Waals surface area contributed by atoms with Crippen molar-refractivity contribution in [2.75, 3.05) is 6.54 Å². The van der Waals surface area contributed by atoms with Crippen LogP contribution in [0.4, 0.5) is 0 Å². The van der Waals surface area contributed by atoms with E-state index in [-0.39, 0.29) is 0 Å². The van der Waals surface area contributed by atoms with Crippen LogP contribution < -0.4 is 5.73 Å². The molecule has 1 aromatic carbocycles. The van der Waals surface area contributed by atoms with Gasteiger partial charge in [-0.1, -0.05) is 41.1 Å². The molecule has 0 saturated heterocycles. The number of nitrogens with two attached hydrogens (primary N) is 1. The van der Waals surface area contributed by atoms with E-state index in [0.29, 0.717) is 12.5 Å². The molecular weight excluding hydrogens is 278 g/mol. The van der Waals surface area contributed by atoms with E-state index in [1.54, 1.807) is 0 Å². The van der Waals surface area contributed by atoms with Gasteiger partial charge in [0.05, 0.1) is 11.9 Å². The minimum Gasteiger partial charge on any atom is -0.342 e. The molecule has 0 fully saturated rings. The monoisotopic (exact) mass is 293 g/mol. The van der Waals surface area contributed by atoms with Crippen LogP contribution in [0.25, 0.3) is 11.3 Å². The van der Waals surface area contributed by atoms with Gasteiger partial charge in [-0.25, -0.2) is 4.98 Å².